The molecular weight excluding hydrogens is 276 g/mol. The third kappa shape index (κ3) is 6.06. The van der Waals surface area contributed by atoms with Crippen molar-refractivity contribution in [1.29, 1.82) is 0 Å². The van der Waals surface area contributed by atoms with Gasteiger partial charge in [0.05, 0.1) is 15.5 Å². The molecule has 0 spiro atoms. The van der Waals surface area contributed by atoms with Crippen molar-refractivity contribution in [2.24, 2.45) is 4.36 Å². The first-order valence-electron chi connectivity index (χ1n) is 6.26. The molecule has 0 bridgehead atoms. The standard InChI is InChI=1S/C14H22N2O3S/c1-10-6-11(8-12(15)7-10)9-20(5,18)16-13(17)19-14(2,3)4/h6-8H,9,15H2,1-5H3. The lowest BCUT2D eigenvalue weighted by molar-refractivity contribution is 0.0607. The molecule has 0 fully saturated rings. The van der Waals surface area contributed by atoms with E-state index in [-0.39, 0.29) is 5.75 Å². The normalized spacial score (nSPS) is 14.4. The molecule has 0 aliphatic rings. The molecule has 20 heavy (non-hydrogen) atoms. The first-order chi connectivity index (χ1) is 8.97. The van der Waals surface area contributed by atoms with E-state index in [0.717, 1.165) is 11.1 Å². The van der Waals surface area contributed by atoms with Gasteiger partial charge in [0.25, 0.3) is 0 Å². The first kappa shape index (κ1) is 16.5. The number of hydrogen-bond acceptors (Lipinski definition) is 4. The van der Waals surface area contributed by atoms with Crippen LogP contribution in [0.25, 0.3) is 0 Å². The van der Waals surface area contributed by atoms with E-state index in [1.54, 1.807) is 26.8 Å². The van der Waals surface area contributed by atoms with E-state index in [0.29, 0.717) is 5.69 Å². The molecule has 5 nitrogen and oxygen atoms in total. The Labute approximate surface area is 120 Å². The number of hydrogen-bond donors (Lipinski definition) is 1. The lowest BCUT2D eigenvalue weighted by Crippen LogP contribution is -2.22. The number of ether oxygens (including phenoxy) is 1. The molecule has 6 heteroatoms. The van der Waals surface area contributed by atoms with Crippen LogP contribution >= 0.6 is 0 Å². The predicted octanol–water partition coefficient (Wildman–Crippen LogP) is 3.11. The van der Waals surface area contributed by atoms with E-state index in [1.165, 1.54) is 6.26 Å². The van der Waals surface area contributed by atoms with Crippen LogP contribution in [0.2, 0.25) is 0 Å². The highest BCUT2D eigenvalue weighted by Crippen LogP contribution is 2.15. The van der Waals surface area contributed by atoms with Gasteiger partial charge in [-0.1, -0.05) is 6.07 Å². The molecule has 1 unspecified atom stereocenters. The van der Waals surface area contributed by atoms with E-state index in [9.17, 15) is 9.00 Å². The van der Waals surface area contributed by atoms with E-state index >= 15 is 0 Å². The molecule has 0 heterocycles. The minimum Gasteiger partial charge on any atom is -0.442 e. The molecule has 0 aromatic heterocycles. The summed E-state index contributed by atoms with van der Waals surface area (Å²) in [6, 6.07) is 5.44. The van der Waals surface area contributed by atoms with Gasteiger partial charge < -0.3 is 10.5 Å². The fourth-order valence-corrected chi connectivity index (χ4v) is 2.96. The molecule has 0 saturated heterocycles. The van der Waals surface area contributed by atoms with Gasteiger partial charge in [-0.25, -0.2) is 9.00 Å². The smallest absolute Gasteiger partial charge is 0.442 e. The molecule has 1 aromatic carbocycles. The number of rotatable bonds is 2. The monoisotopic (exact) mass is 298 g/mol. The zero-order chi connectivity index (χ0) is 15.6. The van der Waals surface area contributed by atoms with Crippen molar-refractivity contribution < 1.29 is 13.7 Å². The maximum Gasteiger partial charge on any atom is 0.442 e. The van der Waals surface area contributed by atoms with Crippen molar-refractivity contribution in [3.05, 3.63) is 29.3 Å². The third-order valence-electron chi connectivity index (χ3n) is 2.26. The second kappa shape index (κ2) is 5.83. The number of benzene rings is 1. The molecule has 2 N–H and O–H groups in total. The quantitative estimate of drug-likeness (QED) is 0.850. The van der Waals surface area contributed by atoms with Crippen LogP contribution in [0, 0.1) is 6.92 Å². The Kier molecular flexibility index (Phi) is 4.81. The van der Waals surface area contributed by atoms with Crippen molar-refractivity contribution in [3.63, 3.8) is 0 Å². The summed E-state index contributed by atoms with van der Waals surface area (Å²) in [7, 11) is -2.69. The largest absolute Gasteiger partial charge is 0.442 e. The average Bonchev–Trinajstić information content (AvgIpc) is 2.08. The highest BCUT2D eigenvalue weighted by Gasteiger charge is 2.17. The second-order valence-electron chi connectivity index (χ2n) is 5.93. The third-order valence-corrected chi connectivity index (χ3v) is 3.66. The number of nitrogen functional groups attached to an aromatic ring is 1. The van der Waals surface area contributed by atoms with Crippen molar-refractivity contribution in [1.82, 2.24) is 0 Å². The van der Waals surface area contributed by atoms with Crippen LogP contribution in [0.1, 0.15) is 31.9 Å². The van der Waals surface area contributed by atoms with E-state index in [2.05, 4.69) is 4.36 Å². The molecule has 112 valence electrons. The van der Waals surface area contributed by atoms with Crippen LogP contribution in [-0.2, 0) is 20.2 Å². The lowest BCUT2D eigenvalue weighted by Gasteiger charge is -2.17. The SMILES string of the molecule is Cc1cc(N)cc(CS(C)(=O)=NC(=O)OC(C)(C)C)c1. The molecule has 1 aromatic rings. The van der Waals surface area contributed by atoms with Crippen molar-refractivity contribution in [2.45, 2.75) is 39.0 Å². The molecule has 0 aliphatic heterocycles. The Hall–Kier alpha value is -1.56. The maximum absolute atomic E-state index is 12.4. The van der Waals surface area contributed by atoms with Crippen molar-refractivity contribution in [3.8, 4) is 0 Å². The molecule has 1 atom stereocenters. The summed E-state index contributed by atoms with van der Waals surface area (Å²) in [6.07, 6.45) is 0.640. The lowest BCUT2D eigenvalue weighted by atomic mass is 10.1. The summed E-state index contributed by atoms with van der Waals surface area (Å²) >= 11 is 0. The number of amides is 1. The van der Waals surface area contributed by atoms with E-state index in [1.807, 2.05) is 19.1 Å². The van der Waals surface area contributed by atoms with E-state index in [4.69, 9.17) is 10.5 Å². The second-order valence-corrected chi connectivity index (χ2v) is 8.32. The van der Waals surface area contributed by atoms with Gasteiger partial charge in [-0.15, -0.1) is 4.36 Å². The number of nitrogens with two attached hydrogens (primary N) is 1. The predicted molar refractivity (Wildman–Crippen MR) is 82.0 cm³/mol. The van der Waals surface area contributed by atoms with Gasteiger partial charge in [-0.05, 0) is 51.0 Å². The summed E-state index contributed by atoms with van der Waals surface area (Å²) in [5.41, 5.74) is 7.48. The zero-order valence-corrected chi connectivity index (χ0v) is 13.4. The Balaban J connectivity index is 2.94. The maximum atomic E-state index is 12.4. The number of nitrogens with zero attached hydrogens (tertiary/aromatic N) is 1. The highest BCUT2D eigenvalue weighted by atomic mass is 32.2. The van der Waals surface area contributed by atoms with Gasteiger partial charge in [0.1, 0.15) is 5.60 Å². The molecule has 0 saturated carbocycles. The first-order valence-corrected chi connectivity index (χ1v) is 8.35. The Morgan fingerprint density at radius 2 is 1.95 bits per heavy atom. The number of carbonyl (C=O) groups excluding carboxylic acids is 1. The fraction of sp³-hybridized carbons (Fsp3) is 0.500. The Bertz CT molecular complexity index is 604. The fourth-order valence-electron chi connectivity index (χ4n) is 1.76. The van der Waals surface area contributed by atoms with Gasteiger partial charge in [-0.3, -0.25) is 0 Å². The molecule has 1 rings (SSSR count). The summed E-state index contributed by atoms with van der Waals surface area (Å²) in [4.78, 5) is 11.6. The van der Waals surface area contributed by atoms with Crippen LogP contribution in [0.3, 0.4) is 0 Å². The topological polar surface area (TPSA) is 81.8 Å². The highest BCUT2D eigenvalue weighted by molar-refractivity contribution is 7.92. The number of carbonyl (C=O) groups is 1. The van der Waals surface area contributed by atoms with Crippen LogP contribution in [0.5, 0.6) is 0 Å². The van der Waals surface area contributed by atoms with Crippen molar-refractivity contribution in [2.75, 3.05) is 12.0 Å². The van der Waals surface area contributed by atoms with Crippen LogP contribution in [0.4, 0.5) is 10.5 Å². The van der Waals surface area contributed by atoms with Gasteiger partial charge in [0.2, 0.25) is 0 Å². The van der Waals surface area contributed by atoms with Gasteiger partial charge in [0.15, 0.2) is 0 Å². The average molecular weight is 298 g/mol. The molecular formula is C14H22N2O3S. The summed E-state index contributed by atoms with van der Waals surface area (Å²) in [5.74, 6) is 0.165. The molecule has 0 radical (unpaired) electrons. The summed E-state index contributed by atoms with van der Waals surface area (Å²) < 4.78 is 21.1. The summed E-state index contributed by atoms with van der Waals surface area (Å²) in [5, 5.41) is 0. The molecule has 1 amide bonds. The summed E-state index contributed by atoms with van der Waals surface area (Å²) in [6.45, 7) is 7.11. The van der Waals surface area contributed by atoms with E-state index < -0.39 is 21.4 Å². The van der Waals surface area contributed by atoms with Gasteiger partial charge in [-0.2, -0.15) is 0 Å². The van der Waals surface area contributed by atoms with Crippen LogP contribution < -0.4 is 5.73 Å². The zero-order valence-electron chi connectivity index (χ0n) is 12.6. The Morgan fingerprint density at radius 1 is 1.35 bits per heavy atom. The van der Waals surface area contributed by atoms with Crippen molar-refractivity contribution >= 4 is 21.5 Å². The molecule has 0 aliphatic carbocycles. The minimum absolute atomic E-state index is 0.165. The number of aryl methyl sites for hydroxylation is 1. The van der Waals surface area contributed by atoms with Gasteiger partial charge >= 0.3 is 6.09 Å². The number of anilines is 1. The van der Waals surface area contributed by atoms with Gasteiger partial charge in [0, 0.05) is 11.9 Å². The Morgan fingerprint density at radius 3 is 2.45 bits per heavy atom. The van der Waals surface area contributed by atoms with Crippen LogP contribution in [0.15, 0.2) is 22.6 Å². The van der Waals surface area contributed by atoms with Crippen LogP contribution in [-0.4, -0.2) is 22.2 Å². The minimum atomic E-state index is -2.69.